The van der Waals surface area contributed by atoms with Crippen molar-refractivity contribution in [2.75, 3.05) is 10.0 Å². The lowest BCUT2D eigenvalue weighted by atomic mass is 10.2. The molecule has 5 nitrogen and oxygen atoms in total. The summed E-state index contributed by atoms with van der Waals surface area (Å²) >= 11 is 0.952. The first-order valence-corrected chi connectivity index (χ1v) is 10.4. The summed E-state index contributed by atoms with van der Waals surface area (Å²) in [6.07, 6.45) is 0. The van der Waals surface area contributed by atoms with Crippen molar-refractivity contribution in [3.63, 3.8) is 0 Å². The second-order valence-corrected chi connectivity index (χ2v) is 9.18. The van der Waals surface area contributed by atoms with E-state index in [0.29, 0.717) is 10.6 Å². The smallest absolute Gasteiger partial charge is 0.273 e. The van der Waals surface area contributed by atoms with Gasteiger partial charge in [-0.2, -0.15) is 0 Å². The van der Waals surface area contributed by atoms with E-state index in [9.17, 15) is 21.6 Å². The van der Waals surface area contributed by atoms with Gasteiger partial charge in [0, 0.05) is 0 Å². The molecule has 0 fully saturated rings. The Hall–Kier alpha value is -2.59. The Bertz CT molecular complexity index is 1160. The maximum absolute atomic E-state index is 14.4. The van der Waals surface area contributed by atoms with Gasteiger partial charge in [-0.25, -0.2) is 26.6 Å². The summed E-state index contributed by atoms with van der Waals surface area (Å²) in [4.78, 5) is 4.06. The maximum Gasteiger partial charge on any atom is 0.273 e. The molecule has 0 radical (unpaired) electrons. The summed E-state index contributed by atoms with van der Waals surface area (Å²) in [6, 6.07) is 6.00. The number of thiazole rings is 1. The lowest BCUT2D eigenvalue weighted by Gasteiger charge is -2.16. The summed E-state index contributed by atoms with van der Waals surface area (Å²) in [5, 5.41) is 2.99. The average Bonchev–Trinajstić information content (AvgIpc) is 2.95. The Morgan fingerprint density at radius 2 is 1.64 bits per heavy atom. The predicted octanol–water partition coefficient (Wildman–Crippen LogP) is 5.03. The molecule has 3 aromatic rings. The number of hydrogen-bond acceptors (Lipinski definition) is 5. The summed E-state index contributed by atoms with van der Waals surface area (Å²) in [5.74, 6) is -3.23. The quantitative estimate of drug-likeness (QED) is 0.599. The van der Waals surface area contributed by atoms with Gasteiger partial charge < -0.3 is 5.32 Å². The van der Waals surface area contributed by atoms with Crippen molar-refractivity contribution in [2.45, 2.75) is 25.0 Å². The molecule has 10 heteroatoms. The Kier molecular flexibility index (Phi) is 5.35. The Balaban J connectivity index is 2.04. The van der Waals surface area contributed by atoms with E-state index < -0.39 is 33.2 Å². The van der Waals surface area contributed by atoms with Gasteiger partial charge in [0.2, 0.25) is 0 Å². The number of rotatable bonds is 5. The van der Waals surface area contributed by atoms with Gasteiger partial charge in [-0.05, 0) is 50.6 Å². The Morgan fingerprint density at radius 3 is 2.25 bits per heavy atom. The fourth-order valence-electron chi connectivity index (χ4n) is 2.57. The molecule has 3 rings (SSSR count). The largest absolute Gasteiger partial charge is 0.349 e. The van der Waals surface area contributed by atoms with Crippen molar-refractivity contribution in [1.29, 1.82) is 0 Å². The Morgan fingerprint density at radius 1 is 0.964 bits per heavy atom. The number of nitrogens with zero attached hydrogens (tertiary/aromatic N) is 1. The second-order valence-electron chi connectivity index (χ2n) is 6.10. The molecule has 0 spiro atoms. The molecule has 1 aromatic heterocycles. The van der Waals surface area contributed by atoms with Crippen LogP contribution in [0.5, 0.6) is 0 Å². The zero-order chi connectivity index (χ0) is 20.6. The van der Waals surface area contributed by atoms with Crippen LogP contribution in [-0.2, 0) is 10.0 Å². The minimum atomic E-state index is -4.10. The van der Waals surface area contributed by atoms with Gasteiger partial charge in [0.15, 0.2) is 15.8 Å². The fraction of sp³-hybridized carbons (Fsp3) is 0.167. The van der Waals surface area contributed by atoms with Crippen LogP contribution in [0.1, 0.15) is 16.3 Å². The minimum absolute atomic E-state index is 0.0396. The summed E-state index contributed by atoms with van der Waals surface area (Å²) < 4.78 is 69.9. The van der Waals surface area contributed by atoms with E-state index in [1.54, 1.807) is 19.9 Å². The van der Waals surface area contributed by atoms with Gasteiger partial charge >= 0.3 is 0 Å². The minimum Gasteiger partial charge on any atom is -0.349 e. The van der Waals surface area contributed by atoms with Gasteiger partial charge in [-0.1, -0.05) is 6.07 Å². The summed E-state index contributed by atoms with van der Waals surface area (Å²) in [7, 11) is -4.10. The zero-order valence-corrected chi connectivity index (χ0v) is 16.7. The van der Waals surface area contributed by atoms with Gasteiger partial charge in [-0.3, -0.25) is 4.72 Å². The number of nitrogens with one attached hydrogen (secondary N) is 2. The average molecular weight is 427 g/mol. The number of hydrogen-bond donors (Lipinski definition) is 2. The van der Waals surface area contributed by atoms with Crippen molar-refractivity contribution in [3.05, 3.63) is 64.0 Å². The summed E-state index contributed by atoms with van der Waals surface area (Å²) in [5.41, 5.74) is 0.0197. The number of anilines is 3. The molecule has 0 aliphatic rings. The molecular formula is C18H16F3N3O2S2. The molecule has 0 bridgehead atoms. The molecule has 0 aliphatic carbocycles. The van der Waals surface area contributed by atoms with E-state index in [1.165, 1.54) is 19.1 Å². The van der Waals surface area contributed by atoms with Crippen molar-refractivity contribution in [2.24, 2.45) is 0 Å². The van der Waals surface area contributed by atoms with Crippen molar-refractivity contribution in [3.8, 4) is 0 Å². The number of halogens is 3. The highest BCUT2D eigenvalue weighted by Crippen LogP contribution is 2.34. The molecule has 0 unspecified atom stereocenters. The van der Waals surface area contributed by atoms with E-state index in [4.69, 9.17) is 0 Å². The van der Waals surface area contributed by atoms with Crippen LogP contribution < -0.4 is 10.0 Å². The first kappa shape index (κ1) is 20.2. The standard InChI is InChI=1S/C18H16F3N3O2S2/c1-9-4-6-14(13(20)8-9)23-17-15(7-5-12(19)16(17)21)24-28(25,26)18-10(2)22-11(3)27-18/h4-8,23-24H,1-3H3. The topological polar surface area (TPSA) is 71.1 Å². The third-order valence-corrected chi connectivity index (χ3v) is 6.88. The normalized spacial score (nSPS) is 11.5. The van der Waals surface area contributed by atoms with E-state index in [2.05, 4.69) is 15.0 Å². The van der Waals surface area contributed by atoms with Gasteiger partial charge in [0.1, 0.15) is 11.5 Å². The Labute approximate surface area is 164 Å². The highest BCUT2D eigenvalue weighted by molar-refractivity contribution is 7.94. The first-order valence-electron chi connectivity index (χ1n) is 8.06. The molecule has 0 saturated carbocycles. The molecular weight excluding hydrogens is 411 g/mol. The van der Waals surface area contributed by atoms with Crippen LogP contribution in [-0.4, -0.2) is 13.4 Å². The van der Waals surface area contributed by atoms with Crippen LogP contribution in [0.15, 0.2) is 34.5 Å². The molecule has 0 amide bonds. The molecule has 28 heavy (non-hydrogen) atoms. The second kappa shape index (κ2) is 7.44. The number of aryl methyl sites for hydroxylation is 3. The van der Waals surface area contributed by atoms with Crippen LogP contribution in [0.25, 0.3) is 0 Å². The molecule has 2 N–H and O–H groups in total. The first-order chi connectivity index (χ1) is 13.1. The number of benzene rings is 2. The highest BCUT2D eigenvalue weighted by atomic mass is 32.2. The third kappa shape index (κ3) is 3.97. The molecule has 148 valence electrons. The fourth-order valence-corrected chi connectivity index (χ4v) is 5.12. The maximum atomic E-state index is 14.4. The van der Waals surface area contributed by atoms with E-state index in [-0.39, 0.29) is 21.3 Å². The van der Waals surface area contributed by atoms with Crippen LogP contribution in [0, 0.1) is 38.2 Å². The number of aromatic nitrogens is 1. The van der Waals surface area contributed by atoms with Gasteiger partial charge in [0.05, 0.1) is 22.1 Å². The predicted molar refractivity (Wildman–Crippen MR) is 103 cm³/mol. The lowest BCUT2D eigenvalue weighted by Crippen LogP contribution is -2.15. The van der Waals surface area contributed by atoms with Crippen molar-refractivity contribution < 1.29 is 21.6 Å². The van der Waals surface area contributed by atoms with Crippen LogP contribution in [0.4, 0.5) is 30.2 Å². The van der Waals surface area contributed by atoms with Crippen molar-refractivity contribution in [1.82, 2.24) is 4.98 Å². The monoisotopic (exact) mass is 427 g/mol. The number of sulfonamides is 1. The summed E-state index contributed by atoms with van der Waals surface area (Å²) in [6.45, 7) is 4.86. The highest BCUT2D eigenvalue weighted by Gasteiger charge is 2.24. The lowest BCUT2D eigenvalue weighted by molar-refractivity contribution is 0.512. The SMILES string of the molecule is Cc1ccc(Nc2c(NS(=O)(=O)c3sc(C)nc3C)ccc(F)c2F)c(F)c1. The third-order valence-electron chi connectivity index (χ3n) is 3.83. The van der Waals surface area contributed by atoms with Crippen molar-refractivity contribution >= 4 is 38.4 Å². The molecule has 1 heterocycles. The molecule has 0 saturated heterocycles. The van der Waals surface area contributed by atoms with E-state index in [0.717, 1.165) is 23.5 Å². The van der Waals surface area contributed by atoms with Gasteiger partial charge in [0.25, 0.3) is 10.0 Å². The zero-order valence-electron chi connectivity index (χ0n) is 15.1. The van der Waals surface area contributed by atoms with Crippen LogP contribution >= 0.6 is 11.3 Å². The molecule has 0 aliphatic heterocycles. The van der Waals surface area contributed by atoms with Gasteiger partial charge in [-0.15, -0.1) is 11.3 Å². The van der Waals surface area contributed by atoms with Crippen LogP contribution in [0.3, 0.4) is 0 Å². The molecule has 2 aromatic carbocycles. The van der Waals surface area contributed by atoms with Crippen LogP contribution in [0.2, 0.25) is 0 Å². The van der Waals surface area contributed by atoms with E-state index in [1.807, 2.05) is 0 Å². The van der Waals surface area contributed by atoms with E-state index >= 15 is 0 Å². The molecule has 0 atom stereocenters.